The minimum absolute atomic E-state index is 0.0312. The van der Waals surface area contributed by atoms with E-state index < -0.39 is 0 Å². The van der Waals surface area contributed by atoms with Gasteiger partial charge in [0.1, 0.15) is 6.61 Å². The molecule has 0 unspecified atom stereocenters. The van der Waals surface area contributed by atoms with E-state index in [1.807, 2.05) is 0 Å². The van der Waals surface area contributed by atoms with E-state index in [2.05, 4.69) is 84.2 Å². The van der Waals surface area contributed by atoms with Gasteiger partial charge < -0.3 is 14.5 Å². The quantitative estimate of drug-likeness (QED) is 0.0367. The Labute approximate surface area is 318 Å². The largest absolute Gasteiger partial charge is 0.464 e. The molecule has 0 bridgehead atoms. The monoisotopic (exact) mass is 712 g/mol. The number of carbonyl (C=O) groups excluding carboxylic acids is 1. The van der Waals surface area contributed by atoms with Crippen LogP contribution in [0, 0.1) is 0 Å². The van der Waals surface area contributed by atoms with Crippen molar-refractivity contribution in [2.24, 2.45) is 0 Å². The number of carbonyl (C=O) groups is 1. The molecule has 0 spiro atoms. The van der Waals surface area contributed by atoms with Gasteiger partial charge >= 0.3 is 5.97 Å². The molecule has 5 nitrogen and oxygen atoms in total. The highest BCUT2D eigenvalue weighted by Gasteiger charge is 2.15. The number of hydrogen-bond acceptors (Lipinski definition) is 5. The lowest BCUT2D eigenvalue weighted by Crippen LogP contribution is -2.45. The van der Waals surface area contributed by atoms with Crippen molar-refractivity contribution in [3.8, 4) is 0 Å². The Morgan fingerprint density at radius 3 is 1.39 bits per heavy atom. The number of rotatable bonds is 36. The minimum atomic E-state index is -0.0312. The summed E-state index contributed by atoms with van der Waals surface area (Å²) < 4.78 is 5.71. The lowest BCUT2D eigenvalue weighted by atomic mass is 10.1. The average molecular weight is 712 g/mol. The zero-order valence-corrected chi connectivity index (χ0v) is 34.3. The highest BCUT2D eigenvalue weighted by Crippen LogP contribution is 2.12. The second-order valence-corrected chi connectivity index (χ2v) is 15.1. The first-order valence-electron chi connectivity index (χ1n) is 22.0. The molecular weight excluding hydrogens is 627 g/mol. The molecule has 0 saturated carbocycles. The molecule has 0 aromatic carbocycles. The maximum Gasteiger partial charge on any atom is 0.307 e. The molecule has 0 aliphatic carbocycles. The van der Waals surface area contributed by atoms with E-state index >= 15 is 0 Å². The predicted molar refractivity (Wildman–Crippen MR) is 225 cm³/mol. The average Bonchev–Trinajstić information content (AvgIpc) is 3.14. The van der Waals surface area contributed by atoms with Gasteiger partial charge in [-0.15, -0.1) is 0 Å². The summed E-state index contributed by atoms with van der Waals surface area (Å²) in [5.41, 5.74) is 0. The smallest absolute Gasteiger partial charge is 0.307 e. The van der Waals surface area contributed by atoms with Gasteiger partial charge in [0, 0.05) is 39.3 Å². The van der Waals surface area contributed by atoms with Crippen LogP contribution in [0.25, 0.3) is 0 Å². The molecule has 5 heteroatoms. The van der Waals surface area contributed by atoms with Crippen molar-refractivity contribution in [2.75, 3.05) is 66.0 Å². The van der Waals surface area contributed by atoms with Gasteiger partial charge in [-0.25, -0.2) is 0 Å². The second-order valence-electron chi connectivity index (χ2n) is 15.1. The molecular formula is C46H85N3O2. The Bertz CT molecular complexity index is 811. The summed E-state index contributed by atoms with van der Waals surface area (Å²) in [7, 11) is 2.17. The van der Waals surface area contributed by atoms with E-state index in [0.717, 1.165) is 65.2 Å². The number of piperazine rings is 1. The lowest BCUT2D eigenvalue weighted by molar-refractivity contribution is -0.144. The van der Waals surface area contributed by atoms with Crippen molar-refractivity contribution >= 4 is 5.97 Å². The van der Waals surface area contributed by atoms with Gasteiger partial charge in [0.05, 0.1) is 6.42 Å². The van der Waals surface area contributed by atoms with E-state index in [4.69, 9.17) is 4.74 Å². The van der Waals surface area contributed by atoms with Crippen LogP contribution in [0.15, 0.2) is 48.6 Å². The normalized spacial score (nSPS) is 14.8. The Morgan fingerprint density at radius 1 is 0.529 bits per heavy atom. The van der Waals surface area contributed by atoms with E-state index in [1.165, 1.54) is 141 Å². The lowest BCUT2D eigenvalue weighted by Gasteiger charge is -2.32. The summed E-state index contributed by atoms with van der Waals surface area (Å²) in [6.07, 6.45) is 50.2. The molecule has 1 saturated heterocycles. The van der Waals surface area contributed by atoms with Crippen LogP contribution < -0.4 is 0 Å². The van der Waals surface area contributed by atoms with Crippen LogP contribution in [0.5, 0.6) is 0 Å². The van der Waals surface area contributed by atoms with Gasteiger partial charge in [-0.1, -0.05) is 140 Å². The van der Waals surface area contributed by atoms with E-state index in [9.17, 15) is 4.79 Å². The first kappa shape index (κ1) is 47.3. The number of esters is 1. The van der Waals surface area contributed by atoms with Crippen LogP contribution in [0.3, 0.4) is 0 Å². The summed E-state index contributed by atoms with van der Waals surface area (Å²) in [6.45, 7) is 13.3. The molecule has 296 valence electrons. The van der Waals surface area contributed by atoms with Gasteiger partial charge in [-0.3, -0.25) is 9.69 Å². The summed E-state index contributed by atoms with van der Waals surface area (Å²) >= 11 is 0. The van der Waals surface area contributed by atoms with Gasteiger partial charge in [-0.05, 0) is 97.2 Å². The number of ether oxygens (including phenoxy) is 1. The molecule has 1 heterocycles. The second kappa shape index (κ2) is 38.0. The Balaban J connectivity index is 2.19. The topological polar surface area (TPSA) is 36.0 Å². The molecule has 1 fully saturated rings. The molecule has 1 rings (SSSR count). The highest BCUT2D eigenvalue weighted by molar-refractivity contribution is 5.69. The Morgan fingerprint density at radius 2 is 0.941 bits per heavy atom. The summed E-state index contributed by atoms with van der Waals surface area (Å²) in [6, 6.07) is 0. The van der Waals surface area contributed by atoms with Gasteiger partial charge in [0.15, 0.2) is 0 Å². The molecule has 1 aliphatic rings. The third kappa shape index (κ3) is 33.9. The van der Waals surface area contributed by atoms with Crippen LogP contribution in [0.4, 0.5) is 0 Å². The Hall–Kier alpha value is -1.69. The number of likely N-dealkylation sites (N-methyl/N-ethyl adjacent to an activating group) is 1. The third-order valence-electron chi connectivity index (χ3n) is 10.2. The molecule has 0 aromatic heterocycles. The highest BCUT2D eigenvalue weighted by atomic mass is 16.5. The summed E-state index contributed by atoms with van der Waals surface area (Å²) in [5.74, 6) is -0.0312. The molecule has 1 aliphatic heterocycles. The van der Waals surface area contributed by atoms with Crippen molar-refractivity contribution in [2.45, 2.75) is 174 Å². The number of unbranched alkanes of at least 4 members (excludes halogenated alkanes) is 18. The minimum Gasteiger partial charge on any atom is -0.464 e. The zero-order chi connectivity index (χ0) is 36.7. The van der Waals surface area contributed by atoms with Crippen molar-refractivity contribution in [1.82, 2.24) is 14.7 Å². The Kier molecular flexibility index (Phi) is 35.3. The molecule has 0 aromatic rings. The molecule has 0 amide bonds. The maximum atomic E-state index is 12.5. The third-order valence-corrected chi connectivity index (χ3v) is 10.2. The van der Waals surface area contributed by atoms with Crippen LogP contribution in [0.1, 0.15) is 174 Å². The first-order chi connectivity index (χ1) is 25.2. The number of allylic oxidation sites excluding steroid dienone is 8. The van der Waals surface area contributed by atoms with Crippen molar-refractivity contribution in [1.29, 1.82) is 0 Å². The van der Waals surface area contributed by atoms with Crippen LogP contribution >= 0.6 is 0 Å². The first-order valence-corrected chi connectivity index (χ1v) is 22.0. The summed E-state index contributed by atoms with van der Waals surface area (Å²) in [4.78, 5) is 19.8. The van der Waals surface area contributed by atoms with E-state index in [1.54, 1.807) is 0 Å². The van der Waals surface area contributed by atoms with Crippen molar-refractivity contribution in [3.63, 3.8) is 0 Å². The van der Waals surface area contributed by atoms with Crippen molar-refractivity contribution < 1.29 is 9.53 Å². The molecule has 0 N–H and O–H groups in total. The van der Waals surface area contributed by atoms with Crippen LogP contribution in [-0.2, 0) is 9.53 Å². The van der Waals surface area contributed by atoms with Gasteiger partial charge in [0.2, 0.25) is 0 Å². The summed E-state index contributed by atoms with van der Waals surface area (Å²) in [5, 5.41) is 0. The zero-order valence-electron chi connectivity index (χ0n) is 34.3. The maximum absolute atomic E-state index is 12.5. The van der Waals surface area contributed by atoms with E-state index in [-0.39, 0.29) is 5.97 Å². The number of hydrogen-bond donors (Lipinski definition) is 0. The fourth-order valence-electron chi connectivity index (χ4n) is 6.66. The standard InChI is InChI=1S/C46H85N3O2/c1-4-6-8-10-12-14-16-18-20-22-24-26-28-30-32-34-37-48(44-45-51-46(50)36-39-49-42-40-47(3)41-43-49)38-35-33-31-29-27-25-23-21-19-17-15-13-11-9-7-5-2/h12-15,18-21H,4-11,16-17,22-45H2,1-3H3/b14-12+,15-13+,20-18+,21-19+. The molecule has 0 atom stereocenters. The number of nitrogens with zero attached hydrogens (tertiary/aromatic N) is 3. The fourth-order valence-corrected chi connectivity index (χ4v) is 6.66. The molecule has 51 heavy (non-hydrogen) atoms. The van der Waals surface area contributed by atoms with Crippen LogP contribution in [0.2, 0.25) is 0 Å². The van der Waals surface area contributed by atoms with Crippen molar-refractivity contribution in [3.05, 3.63) is 48.6 Å². The predicted octanol–water partition coefficient (Wildman–Crippen LogP) is 12.1. The van der Waals surface area contributed by atoms with Crippen LogP contribution in [-0.4, -0.2) is 86.7 Å². The molecule has 0 radical (unpaired) electrons. The SMILES string of the molecule is CCCCC/C=C/C/C=C/CCCCCCCCN(CCCCCCCC/C=C/C/C=C/CCCCC)CCOC(=O)CCN1CCN(C)CC1. The van der Waals surface area contributed by atoms with E-state index in [0.29, 0.717) is 13.0 Å². The fraction of sp³-hybridized carbons (Fsp3) is 0.804. The van der Waals surface area contributed by atoms with Gasteiger partial charge in [-0.2, -0.15) is 0 Å². The van der Waals surface area contributed by atoms with Gasteiger partial charge in [0.25, 0.3) is 0 Å².